The van der Waals surface area contributed by atoms with Crippen LogP contribution in [0.2, 0.25) is 0 Å². The van der Waals surface area contributed by atoms with Gasteiger partial charge in [-0.2, -0.15) is 5.10 Å². The summed E-state index contributed by atoms with van der Waals surface area (Å²) in [6, 6.07) is 3.86. The van der Waals surface area contributed by atoms with Crippen molar-refractivity contribution in [1.29, 1.82) is 0 Å². The molecular formula is C9H10N2O2S2. The van der Waals surface area contributed by atoms with E-state index in [1.165, 1.54) is 6.26 Å². The summed E-state index contributed by atoms with van der Waals surface area (Å²) in [6.07, 6.45) is 2.79. The average molecular weight is 242 g/mol. The number of aromatic nitrogens is 2. The van der Waals surface area contributed by atoms with Gasteiger partial charge in [0, 0.05) is 11.8 Å². The third kappa shape index (κ3) is 2.45. The number of hydrogen-bond acceptors (Lipinski definition) is 4. The van der Waals surface area contributed by atoms with E-state index in [-0.39, 0.29) is 5.75 Å². The SMILES string of the molecule is CS(=O)(=O)Cc1cn[nH]c1-c1cccs1. The molecule has 4 nitrogen and oxygen atoms in total. The lowest BCUT2D eigenvalue weighted by molar-refractivity contribution is 0.601. The molecule has 0 unspecified atom stereocenters. The molecule has 0 saturated heterocycles. The number of nitrogens with zero attached hydrogens (tertiary/aromatic N) is 1. The van der Waals surface area contributed by atoms with Gasteiger partial charge in [0.05, 0.1) is 22.5 Å². The number of aromatic amines is 1. The third-order valence-electron chi connectivity index (χ3n) is 1.90. The molecule has 0 bridgehead atoms. The number of thiophene rings is 1. The van der Waals surface area contributed by atoms with E-state index in [1.807, 2.05) is 17.5 Å². The number of rotatable bonds is 3. The van der Waals surface area contributed by atoms with Crippen LogP contribution in [0.1, 0.15) is 5.56 Å². The molecule has 1 N–H and O–H groups in total. The van der Waals surface area contributed by atoms with Crippen molar-refractivity contribution in [3.05, 3.63) is 29.3 Å². The van der Waals surface area contributed by atoms with E-state index in [0.717, 1.165) is 16.1 Å². The van der Waals surface area contributed by atoms with Crippen LogP contribution in [0.15, 0.2) is 23.7 Å². The fourth-order valence-electron chi connectivity index (χ4n) is 1.34. The van der Waals surface area contributed by atoms with Gasteiger partial charge in [-0.25, -0.2) is 8.42 Å². The van der Waals surface area contributed by atoms with Crippen molar-refractivity contribution < 1.29 is 8.42 Å². The van der Waals surface area contributed by atoms with E-state index in [9.17, 15) is 8.42 Å². The minimum Gasteiger partial charge on any atom is -0.277 e. The van der Waals surface area contributed by atoms with Gasteiger partial charge in [-0.1, -0.05) is 6.07 Å². The van der Waals surface area contributed by atoms with Gasteiger partial charge in [0.25, 0.3) is 0 Å². The van der Waals surface area contributed by atoms with Crippen LogP contribution in [0.25, 0.3) is 10.6 Å². The Morgan fingerprint density at radius 3 is 2.93 bits per heavy atom. The molecule has 2 aromatic heterocycles. The lowest BCUT2D eigenvalue weighted by Crippen LogP contribution is -2.00. The summed E-state index contributed by atoms with van der Waals surface area (Å²) in [5.41, 5.74) is 1.52. The molecule has 80 valence electrons. The van der Waals surface area contributed by atoms with Crippen molar-refractivity contribution in [1.82, 2.24) is 10.2 Å². The summed E-state index contributed by atoms with van der Waals surface area (Å²) in [4.78, 5) is 1.01. The Bertz CT molecular complexity index is 540. The molecule has 15 heavy (non-hydrogen) atoms. The first-order valence-corrected chi connectivity index (χ1v) is 7.24. The molecule has 0 atom stereocenters. The predicted molar refractivity (Wildman–Crippen MR) is 60.4 cm³/mol. The molecule has 0 fully saturated rings. The van der Waals surface area contributed by atoms with Crippen LogP contribution in [-0.4, -0.2) is 24.9 Å². The minimum atomic E-state index is -3.02. The Kier molecular flexibility index (Phi) is 2.62. The second-order valence-electron chi connectivity index (χ2n) is 3.32. The van der Waals surface area contributed by atoms with Gasteiger partial charge in [-0.3, -0.25) is 5.10 Å². The number of sulfone groups is 1. The molecular weight excluding hydrogens is 232 g/mol. The highest BCUT2D eigenvalue weighted by molar-refractivity contribution is 7.89. The Balaban J connectivity index is 2.39. The summed E-state index contributed by atoms with van der Waals surface area (Å²) in [5, 5.41) is 8.65. The summed E-state index contributed by atoms with van der Waals surface area (Å²) in [5.74, 6) is 0.0245. The van der Waals surface area contributed by atoms with E-state index >= 15 is 0 Å². The molecule has 2 rings (SSSR count). The third-order valence-corrected chi connectivity index (χ3v) is 3.63. The highest BCUT2D eigenvalue weighted by Crippen LogP contribution is 2.26. The van der Waals surface area contributed by atoms with Gasteiger partial charge < -0.3 is 0 Å². The van der Waals surface area contributed by atoms with Crippen molar-refractivity contribution >= 4 is 21.2 Å². The Hall–Kier alpha value is -1.14. The molecule has 2 heterocycles. The first-order chi connectivity index (χ1) is 7.06. The van der Waals surface area contributed by atoms with Gasteiger partial charge in [0.2, 0.25) is 0 Å². The molecule has 0 saturated carbocycles. The highest BCUT2D eigenvalue weighted by atomic mass is 32.2. The maximum Gasteiger partial charge on any atom is 0.151 e. The molecule has 0 radical (unpaired) electrons. The van der Waals surface area contributed by atoms with E-state index in [4.69, 9.17) is 0 Å². The van der Waals surface area contributed by atoms with E-state index in [2.05, 4.69) is 10.2 Å². The van der Waals surface area contributed by atoms with Crippen LogP contribution in [-0.2, 0) is 15.6 Å². The standard InChI is InChI=1S/C9H10N2O2S2/c1-15(12,13)6-7-5-10-11-9(7)8-3-2-4-14-8/h2-5H,6H2,1H3,(H,10,11). The molecule has 2 aromatic rings. The van der Waals surface area contributed by atoms with Crippen LogP contribution in [0.4, 0.5) is 0 Å². The average Bonchev–Trinajstić information content (AvgIpc) is 2.68. The van der Waals surface area contributed by atoms with Crippen LogP contribution in [0.3, 0.4) is 0 Å². The molecule has 0 aliphatic carbocycles. The second kappa shape index (κ2) is 3.79. The van der Waals surface area contributed by atoms with Crippen molar-refractivity contribution in [2.45, 2.75) is 5.75 Å². The maximum atomic E-state index is 11.2. The summed E-state index contributed by atoms with van der Waals surface area (Å²) >= 11 is 1.55. The van der Waals surface area contributed by atoms with Gasteiger partial charge in [0.1, 0.15) is 0 Å². The molecule has 0 amide bonds. The summed E-state index contributed by atoms with van der Waals surface area (Å²) in [6.45, 7) is 0. The van der Waals surface area contributed by atoms with Crippen molar-refractivity contribution in [3.63, 3.8) is 0 Å². The summed E-state index contributed by atoms with van der Waals surface area (Å²) in [7, 11) is -3.02. The van der Waals surface area contributed by atoms with Gasteiger partial charge in [-0.15, -0.1) is 11.3 Å². The topological polar surface area (TPSA) is 62.8 Å². The number of H-pyrrole nitrogens is 1. The Morgan fingerprint density at radius 2 is 2.33 bits per heavy atom. The van der Waals surface area contributed by atoms with E-state index < -0.39 is 9.84 Å². The normalized spacial score (nSPS) is 11.8. The Morgan fingerprint density at radius 1 is 1.53 bits per heavy atom. The fraction of sp³-hybridized carbons (Fsp3) is 0.222. The zero-order valence-electron chi connectivity index (χ0n) is 8.10. The maximum absolute atomic E-state index is 11.2. The molecule has 0 aromatic carbocycles. The lowest BCUT2D eigenvalue weighted by Gasteiger charge is -1.98. The van der Waals surface area contributed by atoms with Gasteiger partial charge in [-0.05, 0) is 11.4 Å². The summed E-state index contributed by atoms with van der Waals surface area (Å²) < 4.78 is 22.4. The second-order valence-corrected chi connectivity index (χ2v) is 6.41. The van der Waals surface area contributed by atoms with Crippen molar-refractivity contribution in [3.8, 4) is 10.6 Å². The van der Waals surface area contributed by atoms with Crippen molar-refractivity contribution in [2.24, 2.45) is 0 Å². The van der Waals surface area contributed by atoms with Crippen LogP contribution in [0.5, 0.6) is 0 Å². The first kappa shape index (κ1) is 10.4. The Labute approximate surface area is 91.9 Å². The molecule has 0 aliphatic heterocycles. The fourth-order valence-corrected chi connectivity index (χ4v) is 2.88. The van der Waals surface area contributed by atoms with Gasteiger partial charge >= 0.3 is 0 Å². The number of nitrogens with one attached hydrogen (secondary N) is 1. The predicted octanol–water partition coefficient (Wildman–Crippen LogP) is 1.68. The van der Waals surface area contributed by atoms with Crippen LogP contribution in [0, 0.1) is 0 Å². The van der Waals surface area contributed by atoms with E-state index in [0.29, 0.717) is 0 Å². The van der Waals surface area contributed by atoms with Crippen molar-refractivity contribution in [2.75, 3.05) is 6.26 Å². The zero-order chi connectivity index (χ0) is 10.9. The smallest absolute Gasteiger partial charge is 0.151 e. The molecule has 0 aliphatic rings. The molecule has 0 spiro atoms. The first-order valence-electron chi connectivity index (χ1n) is 4.30. The quantitative estimate of drug-likeness (QED) is 0.890. The number of hydrogen-bond donors (Lipinski definition) is 1. The van der Waals surface area contributed by atoms with Crippen LogP contribution < -0.4 is 0 Å². The zero-order valence-corrected chi connectivity index (χ0v) is 9.73. The lowest BCUT2D eigenvalue weighted by atomic mass is 10.2. The van der Waals surface area contributed by atoms with Gasteiger partial charge in [0.15, 0.2) is 9.84 Å². The highest BCUT2D eigenvalue weighted by Gasteiger charge is 2.13. The van der Waals surface area contributed by atoms with Crippen LogP contribution >= 0.6 is 11.3 Å². The largest absolute Gasteiger partial charge is 0.277 e. The minimum absolute atomic E-state index is 0.0245. The van der Waals surface area contributed by atoms with E-state index in [1.54, 1.807) is 17.5 Å². The monoisotopic (exact) mass is 242 g/mol. The molecule has 6 heteroatoms.